The van der Waals surface area contributed by atoms with Crippen LogP contribution in [0.3, 0.4) is 0 Å². The van der Waals surface area contributed by atoms with Crippen LogP contribution in [-0.4, -0.2) is 13.6 Å². The zero-order valence-corrected chi connectivity index (χ0v) is 13.0. The van der Waals surface area contributed by atoms with Gasteiger partial charge in [-0.05, 0) is 54.4 Å². The molecule has 0 unspecified atom stereocenters. The second-order valence-corrected chi connectivity index (χ2v) is 5.71. The van der Waals surface area contributed by atoms with Gasteiger partial charge in [0.25, 0.3) is 0 Å². The zero-order chi connectivity index (χ0) is 14.5. The Morgan fingerprint density at radius 3 is 2.70 bits per heavy atom. The van der Waals surface area contributed by atoms with Gasteiger partial charge in [0.2, 0.25) is 0 Å². The van der Waals surface area contributed by atoms with Crippen LogP contribution in [-0.2, 0) is 13.0 Å². The first kappa shape index (κ1) is 15.0. The molecule has 0 fully saturated rings. The van der Waals surface area contributed by atoms with E-state index in [-0.39, 0.29) is 5.82 Å². The first-order valence-corrected chi connectivity index (χ1v) is 7.33. The van der Waals surface area contributed by atoms with Gasteiger partial charge in [0.1, 0.15) is 5.82 Å². The molecule has 2 nitrogen and oxygen atoms in total. The number of rotatable bonds is 5. The standard InChI is InChI=1S/C16H18BrFN2/c1-20(11-12-3-2-4-15(18)9-12)16-6-5-14(17)10-13(16)7-8-19/h2-6,9-10H,7-8,11,19H2,1H3. The van der Waals surface area contributed by atoms with E-state index >= 15 is 0 Å². The summed E-state index contributed by atoms with van der Waals surface area (Å²) in [5, 5.41) is 0. The van der Waals surface area contributed by atoms with E-state index in [0.29, 0.717) is 13.1 Å². The van der Waals surface area contributed by atoms with Crippen molar-refractivity contribution in [3.05, 3.63) is 63.9 Å². The molecular formula is C16H18BrFN2. The van der Waals surface area contributed by atoms with Crippen LogP contribution in [0.15, 0.2) is 46.9 Å². The molecule has 0 radical (unpaired) electrons. The number of hydrogen-bond donors (Lipinski definition) is 1. The predicted octanol–water partition coefficient (Wildman–Crippen LogP) is 3.73. The third-order valence-electron chi connectivity index (χ3n) is 3.18. The lowest BCUT2D eigenvalue weighted by Crippen LogP contribution is -2.19. The van der Waals surface area contributed by atoms with Crippen molar-refractivity contribution >= 4 is 21.6 Å². The average Bonchev–Trinajstić information content (AvgIpc) is 2.39. The molecule has 0 bridgehead atoms. The van der Waals surface area contributed by atoms with Crippen molar-refractivity contribution < 1.29 is 4.39 Å². The molecule has 0 heterocycles. The fraction of sp³-hybridized carbons (Fsp3) is 0.250. The molecule has 2 rings (SSSR count). The SMILES string of the molecule is CN(Cc1cccc(F)c1)c1ccc(Br)cc1CCN. The summed E-state index contributed by atoms with van der Waals surface area (Å²) >= 11 is 3.48. The van der Waals surface area contributed by atoms with Crippen LogP contribution in [0.25, 0.3) is 0 Å². The van der Waals surface area contributed by atoms with Gasteiger partial charge in [0.05, 0.1) is 0 Å². The van der Waals surface area contributed by atoms with Crippen LogP contribution in [0.1, 0.15) is 11.1 Å². The highest BCUT2D eigenvalue weighted by Gasteiger charge is 2.08. The van der Waals surface area contributed by atoms with Crippen molar-refractivity contribution in [1.82, 2.24) is 0 Å². The van der Waals surface area contributed by atoms with E-state index in [0.717, 1.165) is 22.1 Å². The summed E-state index contributed by atoms with van der Waals surface area (Å²) in [7, 11) is 2.01. The minimum absolute atomic E-state index is 0.200. The molecule has 0 amide bonds. The van der Waals surface area contributed by atoms with Gasteiger partial charge >= 0.3 is 0 Å². The third kappa shape index (κ3) is 3.81. The average molecular weight is 337 g/mol. The smallest absolute Gasteiger partial charge is 0.123 e. The molecule has 2 N–H and O–H groups in total. The Kier molecular flexibility index (Phi) is 5.15. The van der Waals surface area contributed by atoms with E-state index < -0.39 is 0 Å². The highest BCUT2D eigenvalue weighted by Crippen LogP contribution is 2.25. The monoisotopic (exact) mass is 336 g/mol. The highest BCUT2D eigenvalue weighted by molar-refractivity contribution is 9.10. The first-order valence-electron chi connectivity index (χ1n) is 6.54. The van der Waals surface area contributed by atoms with Crippen molar-refractivity contribution in [2.75, 3.05) is 18.5 Å². The Morgan fingerprint density at radius 1 is 1.20 bits per heavy atom. The van der Waals surface area contributed by atoms with E-state index in [1.165, 1.54) is 11.6 Å². The van der Waals surface area contributed by atoms with Crippen LogP contribution in [0.2, 0.25) is 0 Å². The molecule has 0 aliphatic carbocycles. The minimum atomic E-state index is -0.200. The molecule has 2 aromatic carbocycles. The van der Waals surface area contributed by atoms with Crippen LogP contribution in [0.4, 0.5) is 10.1 Å². The molecule has 0 saturated heterocycles. The molecule has 0 aliphatic heterocycles. The van der Waals surface area contributed by atoms with E-state index in [1.54, 1.807) is 12.1 Å². The summed E-state index contributed by atoms with van der Waals surface area (Å²) in [5.41, 5.74) is 8.94. The lowest BCUT2D eigenvalue weighted by atomic mass is 10.1. The van der Waals surface area contributed by atoms with Crippen LogP contribution in [0.5, 0.6) is 0 Å². The van der Waals surface area contributed by atoms with E-state index in [4.69, 9.17) is 5.73 Å². The number of nitrogens with zero attached hydrogens (tertiary/aromatic N) is 1. The maximum atomic E-state index is 13.2. The van der Waals surface area contributed by atoms with Gasteiger partial charge in [0, 0.05) is 23.8 Å². The number of hydrogen-bond acceptors (Lipinski definition) is 2. The van der Waals surface area contributed by atoms with Gasteiger partial charge in [0.15, 0.2) is 0 Å². The van der Waals surface area contributed by atoms with E-state index in [9.17, 15) is 4.39 Å². The first-order chi connectivity index (χ1) is 9.60. The number of benzene rings is 2. The molecule has 0 atom stereocenters. The second-order valence-electron chi connectivity index (χ2n) is 4.80. The van der Waals surface area contributed by atoms with Crippen molar-refractivity contribution in [1.29, 1.82) is 0 Å². The van der Waals surface area contributed by atoms with E-state index in [1.807, 2.05) is 19.2 Å². The molecular weight excluding hydrogens is 319 g/mol. The predicted molar refractivity (Wildman–Crippen MR) is 85.4 cm³/mol. The number of nitrogens with two attached hydrogens (primary N) is 1. The summed E-state index contributed by atoms with van der Waals surface area (Å²) in [4.78, 5) is 2.12. The molecule has 4 heteroatoms. The fourth-order valence-electron chi connectivity index (χ4n) is 2.28. The zero-order valence-electron chi connectivity index (χ0n) is 11.4. The van der Waals surface area contributed by atoms with Gasteiger partial charge in [-0.25, -0.2) is 4.39 Å². The van der Waals surface area contributed by atoms with Crippen molar-refractivity contribution in [2.24, 2.45) is 5.73 Å². The summed E-state index contributed by atoms with van der Waals surface area (Å²) < 4.78 is 14.3. The highest BCUT2D eigenvalue weighted by atomic mass is 79.9. The van der Waals surface area contributed by atoms with Crippen molar-refractivity contribution in [2.45, 2.75) is 13.0 Å². The van der Waals surface area contributed by atoms with Gasteiger partial charge in [-0.15, -0.1) is 0 Å². The fourth-order valence-corrected chi connectivity index (χ4v) is 2.69. The lowest BCUT2D eigenvalue weighted by molar-refractivity contribution is 0.625. The molecule has 2 aromatic rings. The Hall–Kier alpha value is -1.39. The lowest BCUT2D eigenvalue weighted by Gasteiger charge is -2.23. The summed E-state index contributed by atoms with van der Waals surface area (Å²) in [6, 6.07) is 12.9. The molecule has 0 saturated carbocycles. The van der Waals surface area contributed by atoms with Gasteiger partial charge in [-0.1, -0.05) is 28.1 Å². The summed E-state index contributed by atoms with van der Waals surface area (Å²) in [5.74, 6) is -0.200. The van der Waals surface area contributed by atoms with Crippen LogP contribution >= 0.6 is 15.9 Å². The van der Waals surface area contributed by atoms with Crippen molar-refractivity contribution in [3.8, 4) is 0 Å². The molecule has 0 aliphatic rings. The quantitative estimate of drug-likeness (QED) is 0.901. The summed E-state index contributed by atoms with van der Waals surface area (Å²) in [6.45, 7) is 1.27. The molecule has 0 aromatic heterocycles. The van der Waals surface area contributed by atoms with Gasteiger partial charge in [-0.2, -0.15) is 0 Å². The topological polar surface area (TPSA) is 29.3 Å². The van der Waals surface area contributed by atoms with E-state index in [2.05, 4.69) is 33.0 Å². The maximum absolute atomic E-state index is 13.2. The Balaban J connectivity index is 2.22. The van der Waals surface area contributed by atoms with Crippen molar-refractivity contribution in [3.63, 3.8) is 0 Å². The molecule has 0 spiro atoms. The minimum Gasteiger partial charge on any atom is -0.370 e. The second kappa shape index (κ2) is 6.86. The normalized spacial score (nSPS) is 10.6. The van der Waals surface area contributed by atoms with Crippen LogP contribution < -0.4 is 10.6 Å². The molecule has 20 heavy (non-hydrogen) atoms. The van der Waals surface area contributed by atoms with Gasteiger partial charge < -0.3 is 10.6 Å². The Bertz CT molecular complexity index is 586. The number of anilines is 1. The Morgan fingerprint density at radius 2 is 2.00 bits per heavy atom. The third-order valence-corrected chi connectivity index (χ3v) is 3.67. The van der Waals surface area contributed by atoms with Gasteiger partial charge in [-0.3, -0.25) is 0 Å². The largest absolute Gasteiger partial charge is 0.370 e. The Labute approximate surface area is 127 Å². The maximum Gasteiger partial charge on any atom is 0.123 e. The molecule has 106 valence electrons. The summed E-state index contributed by atoms with van der Waals surface area (Å²) in [6.07, 6.45) is 0.822. The van der Waals surface area contributed by atoms with Crippen LogP contribution in [0, 0.1) is 5.82 Å². The number of halogens is 2.